The number of sulfonamides is 1. The van der Waals surface area contributed by atoms with Crippen molar-refractivity contribution in [2.45, 2.75) is 30.4 Å². The summed E-state index contributed by atoms with van der Waals surface area (Å²) in [4.78, 5) is 12.0. The van der Waals surface area contributed by atoms with Crippen LogP contribution in [0.1, 0.15) is 29.3 Å². The van der Waals surface area contributed by atoms with Gasteiger partial charge >= 0.3 is 5.97 Å². The second kappa shape index (κ2) is 10.3. The van der Waals surface area contributed by atoms with Crippen LogP contribution in [0.5, 0.6) is 5.75 Å². The quantitative estimate of drug-likeness (QED) is 0.572. The van der Waals surface area contributed by atoms with Crippen LogP contribution in [0.25, 0.3) is 0 Å². The van der Waals surface area contributed by atoms with Crippen LogP contribution in [0, 0.1) is 6.92 Å². The van der Waals surface area contributed by atoms with Crippen molar-refractivity contribution in [2.24, 2.45) is 0 Å². The van der Waals surface area contributed by atoms with Gasteiger partial charge in [-0.2, -0.15) is 16.1 Å². The molecule has 0 radical (unpaired) electrons. The zero-order valence-corrected chi connectivity index (χ0v) is 18.9. The summed E-state index contributed by atoms with van der Waals surface area (Å²) in [6.45, 7) is 5.53. The molecular formula is C22H27NO5S2. The molecule has 0 spiro atoms. The fourth-order valence-corrected chi connectivity index (χ4v) is 6.06. The highest BCUT2D eigenvalue weighted by Gasteiger charge is 2.30. The lowest BCUT2D eigenvalue weighted by Gasteiger charge is -2.31. The van der Waals surface area contributed by atoms with Crippen molar-refractivity contribution in [3.63, 3.8) is 0 Å². The Balaban J connectivity index is 1.52. The lowest BCUT2D eigenvalue weighted by molar-refractivity contribution is 0.0526. The van der Waals surface area contributed by atoms with E-state index < -0.39 is 10.0 Å². The summed E-state index contributed by atoms with van der Waals surface area (Å²) in [6.07, 6.45) is 0.740. The van der Waals surface area contributed by atoms with E-state index in [2.05, 4.69) is 0 Å². The molecule has 0 N–H and O–H groups in total. The Kier molecular flexibility index (Phi) is 7.80. The molecule has 0 aliphatic carbocycles. The van der Waals surface area contributed by atoms with Crippen LogP contribution in [0.15, 0.2) is 53.4 Å². The number of benzene rings is 2. The Morgan fingerprint density at radius 1 is 1.13 bits per heavy atom. The summed E-state index contributed by atoms with van der Waals surface area (Å²) in [6, 6.07) is 13.8. The Hall–Kier alpha value is -2.03. The average Bonchev–Trinajstić information content (AvgIpc) is 2.75. The molecule has 2 aromatic rings. The maximum atomic E-state index is 12.9. The summed E-state index contributed by atoms with van der Waals surface area (Å²) < 4.78 is 38.2. The molecule has 0 amide bonds. The van der Waals surface area contributed by atoms with Crippen LogP contribution in [0.4, 0.5) is 0 Å². The molecule has 1 fully saturated rings. The highest BCUT2D eigenvalue weighted by atomic mass is 32.2. The highest BCUT2D eigenvalue weighted by Crippen LogP contribution is 2.27. The van der Waals surface area contributed by atoms with Gasteiger partial charge in [0.15, 0.2) is 0 Å². The second-order valence-corrected chi connectivity index (χ2v) is 10.4. The molecule has 0 bridgehead atoms. The summed E-state index contributed by atoms with van der Waals surface area (Å²) in [5.41, 5.74) is 1.53. The maximum Gasteiger partial charge on any atom is 0.338 e. The average molecular weight is 450 g/mol. The normalized spacial score (nSPS) is 17.5. The van der Waals surface area contributed by atoms with Gasteiger partial charge in [0.05, 0.1) is 23.7 Å². The highest BCUT2D eigenvalue weighted by molar-refractivity contribution is 8.00. The predicted octanol–water partition coefficient (Wildman–Crippen LogP) is 3.75. The Bertz CT molecular complexity index is 942. The Labute approximate surface area is 182 Å². The molecule has 1 aliphatic heterocycles. The third-order valence-corrected chi connectivity index (χ3v) is 7.99. The Morgan fingerprint density at radius 2 is 1.83 bits per heavy atom. The lowest BCUT2D eigenvalue weighted by atomic mass is 10.2. The minimum atomic E-state index is -3.47. The van der Waals surface area contributed by atoms with E-state index in [0.29, 0.717) is 42.5 Å². The van der Waals surface area contributed by atoms with Crippen molar-refractivity contribution in [3.05, 3.63) is 59.7 Å². The van der Waals surface area contributed by atoms with Gasteiger partial charge < -0.3 is 9.47 Å². The molecular weight excluding hydrogens is 422 g/mol. The van der Waals surface area contributed by atoms with E-state index in [0.717, 1.165) is 17.7 Å². The van der Waals surface area contributed by atoms with Gasteiger partial charge in [-0.05, 0) is 56.7 Å². The first-order valence-corrected chi connectivity index (χ1v) is 12.5. The van der Waals surface area contributed by atoms with Crippen LogP contribution in [-0.2, 0) is 14.8 Å². The van der Waals surface area contributed by atoms with Crippen molar-refractivity contribution in [2.75, 3.05) is 32.1 Å². The zero-order chi connectivity index (χ0) is 21.6. The van der Waals surface area contributed by atoms with Gasteiger partial charge in [0.25, 0.3) is 0 Å². The number of carbonyl (C=O) groups excluding carboxylic acids is 1. The van der Waals surface area contributed by atoms with E-state index in [1.54, 1.807) is 59.4 Å². The number of nitrogens with zero attached hydrogens (tertiary/aromatic N) is 1. The second-order valence-electron chi connectivity index (χ2n) is 7.05. The number of hydrogen-bond donors (Lipinski definition) is 0. The van der Waals surface area contributed by atoms with Crippen molar-refractivity contribution in [1.82, 2.24) is 4.31 Å². The molecule has 0 saturated carbocycles. The minimum absolute atomic E-state index is 0.178. The van der Waals surface area contributed by atoms with E-state index in [9.17, 15) is 13.2 Å². The van der Waals surface area contributed by atoms with Crippen LogP contribution in [-0.4, -0.2) is 56.0 Å². The molecule has 6 nitrogen and oxygen atoms in total. The number of rotatable bonds is 8. The van der Waals surface area contributed by atoms with Crippen molar-refractivity contribution in [1.29, 1.82) is 0 Å². The number of ether oxygens (including phenoxy) is 2. The SMILES string of the molecule is CCOC(=O)c1ccc(OCCC2CN(S(=O)(=O)c3ccc(C)cc3)CCS2)cc1. The van der Waals surface area contributed by atoms with Crippen molar-refractivity contribution in [3.8, 4) is 5.75 Å². The van der Waals surface area contributed by atoms with Gasteiger partial charge in [-0.1, -0.05) is 17.7 Å². The predicted molar refractivity (Wildman–Crippen MR) is 119 cm³/mol. The standard InChI is InChI=1S/C22H27NO5S2/c1-3-27-22(24)18-6-8-19(9-7-18)28-14-12-20-16-23(13-15-29-20)30(25,26)21-10-4-17(2)5-11-21/h4-11,20H,3,12-16H2,1-2H3. The molecule has 2 aromatic carbocycles. The summed E-state index contributed by atoms with van der Waals surface area (Å²) in [5, 5.41) is 0.178. The van der Waals surface area contributed by atoms with E-state index >= 15 is 0 Å². The molecule has 1 atom stereocenters. The van der Waals surface area contributed by atoms with Crippen molar-refractivity contribution < 1.29 is 22.7 Å². The lowest BCUT2D eigenvalue weighted by Crippen LogP contribution is -2.42. The monoisotopic (exact) mass is 449 g/mol. The van der Waals surface area contributed by atoms with Crippen molar-refractivity contribution >= 4 is 27.8 Å². The number of aryl methyl sites for hydroxylation is 1. The number of thioether (sulfide) groups is 1. The van der Waals surface area contributed by atoms with E-state index in [-0.39, 0.29) is 11.2 Å². The first-order chi connectivity index (χ1) is 14.4. The minimum Gasteiger partial charge on any atom is -0.494 e. The first-order valence-electron chi connectivity index (χ1n) is 9.98. The third-order valence-electron chi connectivity index (χ3n) is 4.83. The molecule has 30 heavy (non-hydrogen) atoms. The molecule has 1 saturated heterocycles. The maximum absolute atomic E-state index is 12.9. The van der Waals surface area contributed by atoms with Gasteiger partial charge in [0.1, 0.15) is 5.75 Å². The van der Waals surface area contributed by atoms with E-state index in [1.165, 1.54) is 0 Å². The van der Waals surface area contributed by atoms with Crippen LogP contribution >= 0.6 is 11.8 Å². The van der Waals surface area contributed by atoms with Gasteiger partial charge in [-0.15, -0.1) is 0 Å². The summed E-state index contributed by atoms with van der Waals surface area (Å²) in [5.74, 6) is 1.09. The first kappa shape index (κ1) is 22.7. The molecule has 1 heterocycles. The molecule has 1 unspecified atom stereocenters. The van der Waals surface area contributed by atoms with Crippen LogP contribution in [0.3, 0.4) is 0 Å². The van der Waals surface area contributed by atoms with Gasteiger partial charge in [0, 0.05) is 24.1 Å². The van der Waals surface area contributed by atoms with Gasteiger partial charge in [-0.3, -0.25) is 0 Å². The van der Waals surface area contributed by atoms with Crippen LogP contribution in [0.2, 0.25) is 0 Å². The van der Waals surface area contributed by atoms with E-state index in [1.807, 2.05) is 19.1 Å². The number of carbonyl (C=O) groups is 1. The largest absolute Gasteiger partial charge is 0.494 e. The van der Waals surface area contributed by atoms with E-state index in [4.69, 9.17) is 9.47 Å². The third kappa shape index (κ3) is 5.77. The molecule has 1 aliphatic rings. The number of hydrogen-bond acceptors (Lipinski definition) is 6. The summed E-state index contributed by atoms with van der Waals surface area (Å²) in [7, 11) is -3.47. The van der Waals surface area contributed by atoms with Gasteiger partial charge in [-0.25, -0.2) is 13.2 Å². The fourth-order valence-electron chi connectivity index (χ4n) is 3.15. The molecule has 162 valence electrons. The Morgan fingerprint density at radius 3 is 2.50 bits per heavy atom. The fraction of sp³-hybridized carbons (Fsp3) is 0.409. The number of esters is 1. The van der Waals surface area contributed by atoms with Gasteiger partial charge in [0.2, 0.25) is 10.0 Å². The topological polar surface area (TPSA) is 72.9 Å². The van der Waals surface area contributed by atoms with Crippen LogP contribution < -0.4 is 4.74 Å². The molecule has 8 heteroatoms. The molecule has 0 aromatic heterocycles. The smallest absolute Gasteiger partial charge is 0.338 e. The summed E-state index contributed by atoms with van der Waals surface area (Å²) >= 11 is 1.78. The zero-order valence-electron chi connectivity index (χ0n) is 17.2. The molecule has 3 rings (SSSR count).